The highest BCUT2D eigenvalue weighted by Crippen LogP contribution is 2.34. The molecule has 0 bridgehead atoms. The Balaban J connectivity index is 1.60. The Hall–Kier alpha value is -3.23. The largest absolute Gasteiger partial charge is 0.495 e. The Bertz CT molecular complexity index is 1250. The molecule has 3 aromatic carbocycles. The van der Waals surface area contributed by atoms with Crippen LogP contribution in [0.25, 0.3) is 0 Å². The predicted molar refractivity (Wildman–Crippen MR) is 129 cm³/mol. The molecular weight excluding hydrogens is 462 g/mol. The van der Waals surface area contributed by atoms with Crippen molar-refractivity contribution in [3.63, 3.8) is 0 Å². The normalized spacial score (nSPS) is 14.3. The SMILES string of the molecule is COc1ccc(NS(=O)(=O)c2ccccc2)cc1N1CCCN(Cc2cccc(Cl)c2)C1=O. The van der Waals surface area contributed by atoms with Crippen LogP contribution in [-0.2, 0) is 16.6 Å². The zero-order valence-electron chi connectivity index (χ0n) is 18.1. The predicted octanol–water partition coefficient (Wildman–Crippen LogP) is 4.98. The van der Waals surface area contributed by atoms with E-state index in [0.29, 0.717) is 41.8 Å². The fourth-order valence-corrected chi connectivity index (χ4v) is 5.07. The van der Waals surface area contributed by atoms with Gasteiger partial charge in [-0.3, -0.25) is 9.62 Å². The summed E-state index contributed by atoms with van der Waals surface area (Å²) in [6.07, 6.45) is 0.759. The molecule has 9 heteroatoms. The van der Waals surface area contributed by atoms with Crippen molar-refractivity contribution in [1.82, 2.24) is 4.90 Å². The van der Waals surface area contributed by atoms with Crippen molar-refractivity contribution in [1.29, 1.82) is 0 Å². The van der Waals surface area contributed by atoms with E-state index >= 15 is 0 Å². The lowest BCUT2D eigenvalue weighted by molar-refractivity contribution is 0.192. The van der Waals surface area contributed by atoms with Crippen molar-refractivity contribution >= 4 is 39.0 Å². The lowest BCUT2D eigenvalue weighted by atomic mass is 10.1. The van der Waals surface area contributed by atoms with Crippen LogP contribution in [0, 0.1) is 0 Å². The van der Waals surface area contributed by atoms with Crippen LogP contribution in [0.2, 0.25) is 5.02 Å². The van der Waals surface area contributed by atoms with E-state index in [-0.39, 0.29) is 10.9 Å². The minimum atomic E-state index is -3.77. The number of carbonyl (C=O) groups excluding carboxylic acids is 1. The molecule has 0 radical (unpaired) electrons. The molecule has 0 aromatic heterocycles. The van der Waals surface area contributed by atoms with Gasteiger partial charge in [0.1, 0.15) is 5.75 Å². The van der Waals surface area contributed by atoms with Gasteiger partial charge in [0, 0.05) is 24.7 Å². The molecule has 1 aliphatic heterocycles. The van der Waals surface area contributed by atoms with Gasteiger partial charge in [0.05, 0.1) is 23.4 Å². The van der Waals surface area contributed by atoms with Crippen LogP contribution in [0.4, 0.5) is 16.2 Å². The number of ether oxygens (including phenoxy) is 1. The minimum Gasteiger partial charge on any atom is -0.495 e. The van der Waals surface area contributed by atoms with Crippen molar-refractivity contribution in [2.24, 2.45) is 0 Å². The maximum atomic E-state index is 13.3. The number of carbonyl (C=O) groups is 1. The molecule has 172 valence electrons. The maximum Gasteiger partial charge on any atom is 0.324 e. The molecule has 1 N–H and O–H groups in total. The number of rotatable bonds is 7. The van der Waals surface area contributed by atoms with Gasteiger partial charge in [-0.1, -0.05) is 41.9 Å². The summed E-state index contributed by atoms with van der Waals surface area (Å²) >= 11 is 6.09. The molecule has 0 atom stereocenters. The number of sulfonamides is 1. The lowest BCUT2D eigenvalue weighted by Crippen LogP contribution is -2.49. The average Bonchev–Trinajstić information content (AvgIpc) is 2.81. The molecule has 7 nitrogen and oxygen atoms in total. The zero-order valence-corrected chi connectivity index (χ0v) is 19.6. The quantitative estimate of drug-likeness (QED) is 0.511. The van der Waals surface area contributed by atoms with Gasteiger partial charge in [-0.2, -0.15) is 0 Å². The number of anilines is 2. The van der Waals surface area contributed by atoms with Gasteiger partial charge >= 0.3 is 6.03 Å². The monoisotopic (exact) mass is 485 g/mol. The fraction of sp³-hybridized carbons (Fsp3) is 0.208. The van der Waals surface area contributed by atoms with E-state index in [0.717, 1.165) is 12.0 Å². The Labute approximate surface area is 198 Å². The van der Waals surface area contributed by atoms with Crippen molar-refractivity contribution in [2.75, 3.05) is 29.8 Å². The van der Waals surface area contributed by atoms with Crippen LogP contribution in [0.3, 0.4) is 0 Å². The number of amides is 2. The number of nitrogens with one attached hydrogen (secondary N) is 1. The highest BCUT2D eigenvalue weighted by atomic mass is 35.5. The van der Waals surface area contributed by atoms with Gasteiger partial charge in [0.15, 0.2) is 0 Å². The van der Waals surface area contributed by atoms with E-state index in [1.54, 1.807) is 52.3 Å². The third kappa shape index (κ3) is 5.23. The minimum absolute atomic E-state index is 0.157. The van der Waals surface area contributed by atoms with Crippen LogP contribution >= 0.6 is 11.6 Å². The summed E-state index contributed by atoms with van der Waals surface area (Å²) < 4.78 is 33.6. The first-order valence-corrected chi connectivity index (χ1v) is 12.3. The summed E-state index contributed by atoms with van der Waals surface area (Å²) in [6, 6.07) is 20.3. The number of nitrogens with zero attached hydrogens (tertiary/aromatic N) is 2. The Kier molecular flexibility index (Phi) is 6.76. The molecule has 3 aromatic rings. The molecule has 0 saturated carbocycles. The number of benzene rings is 3. The third-order valence-corrected chi connectivity index (χ3v) is 6.98. The van der Waals surface area contributed by atoms with Gasteiger partial charge in [-0.15, -0.1) is 0 Å². The lowest BCUT2D eigenvalue weighted by Gasteiger charge is -2.36. The Morgan fingerprint density at radius 3 is 2.52 bits per heavy atom. The second kappa shape index (κ2) is 9.72. The molecule has 1 aliphatic rings. The van der Waals surface area contributed by atoms with E-state index in [2.05, 4.69) is 4.72 Å². The van der Waals surface area contributed by atoms with E-state index in [4.69, 9.17) is 16.3 Å². The summed E-state index contributed by atoms with van der Waals surface area (Å²) in [5.41, 5.74) is 1.79. The molecule has 0 aliphatic carbocycles. The van der Waals surface area contributed by atoms with Crippen molar-refractivity contribution in [3.8, 4) is 5.75 Å². The standard InChI is InChI=1S/C24H24ClN3O4S/c1-32-23-12-11-20(26-33(30,31)21-9-3-2-4-10-21)16-22(23)28-14-6-13-27(24(28)29)17-18-7-5-8-19(25)15-18/h2-5,7-12,15-16,26H,6,13-14,17H2,1H3. The molecule has 4 rings (SSSR count). The molecule has 2 amide bonds. The molecule has 33 heavy (non-hydrogen) atoms. The molecule has 0 spiro atoms. The number of hydrogen-bond donors (Lipinski definition) is 1. The van der Waals surface area contributed by atoms with Crippen LogP contribution in [-0.4, -0.2) is 39.5 Å². The van der Waals surface area contributed by atoms with Gasteiger partial charge in [-0.25, -0.2) is 13.2 Å². The Morgan fingerprint density at radius 1 is 1.00 bits per heavy atom. The smallest absolute Gasteiger partial charge is 0.324 e. The highest BCUT2D eigenvalue weighted by molar-refractivity contribution is 7.92. The summed E-state index contributed by atoms with van der Waals surface area (Å²) in [5, 5.41) is 0.619. The number of methoxy groups -OCH3 is 1. The molecular formula is C24H24ClN3O4S. The van der Waals surface area contributed by atoms with Crippen LogP contribution in [0.1, 0.15) is 12.0 Å². The van der Waals surface area contributed by atoms with Crippen molar-refractivity contribution in [3.05, 3.63) is 83.4 Å². The molecule has 1 heterocycles. The summed E-state index contributed by atoms with van der Waals surface area (Å²) in [7, 11) is -2.25. The average molecular weight is 486 g/mol. The Morgan fingerprint density at radius 2 is 1.79 bits per heavy atom. The van der Waals surface area contributed by atoms with Crippen LogP contribution in [0.5, 0.6) is 5.75 Å². The first-order valence-electron chi connectivity index (χ1n) is 10.4. The van der Waals surface area contributed by atoms with E-state index in [1.165, 1.54) is 19.2 Å². The fourth-order valence-electron chi connectivity index (χ4n) is 3.79. The van der Waals surface area contributed by atoms with Crippen molar-refractivity contribution < 1.29 is 17.9 Å². The molecule has 0 unspecified atom stereocenters. The maximum absolute atomic E-state index is 13.3. The molecule has 1 saturated heterocycles. The van der Waals surface area contributed by atoms with Crippen LogP contribution < -0.4 is 14.4 Å². The van der Waals surface area contributed by atoms with E-state index < -0.39 is 10.0 Å². The van der Waals surface area contributed by atoms with E-state index in [1.807, 2.05) is 18.2 Å². The van der Waals surface area contributed by atoms with Gasteiger partial charge < -0.3 is 9.64 Å². The first kappa shape index (κ1) is 22.9. The molecule has 1 fully saturated rings. The summed E-state index contributed by atoms with van der Waals surface area (Å²) in [5.74, 6) is 0.482. The topological polar surface area (TPSA) is 79.0 Å². The van der Waals surface area contributed by atoms with Gasteiger partial charge in [0.25, 0.3) is 10.0 Å². The summed E-state index contributed by atoms with van der Waals surface area (Å²) in [4.78, 5) is 16.8. The van der Waals surface area contributed by atoms with E-state index in [9.17, 15) is 13.2 Å². The highest BCUT2D eigenvalue weighted by Gasteiger charge is 2.29. The van der Waals surface area contributed by atoms with Crippen molar-refractivity contribution in [2.45, 2.75) is 17.9 Å². The second-order valence-electron chi connectivity index (χ2n) is 7.64. The third-order valence-electron chi connectivity index (χ3n) is 5.35. The number of urea groups is 1. The zero-order chi connectivity index (χ0) is 23.4. The summed E-state index contributed by atoms with van der Waals surface area (Å²) in [6.45, 7) is 1.54. The van der Waals surface area contributed by atoms with Gasteiger partial charge in [0.2, 0.25) is 0 Å². The number of hydrogen-bond acceptors (Lipinski definition) is 4. The second-order valence-corrected chi connectivity index (χ2v) is 9.76. The first-order chi connectivity index (χ1) is 15.9. The number of halogens is 1. The van der Waals surface area contributed by atoms with Crippen LogP contribution in [0.15, 0.2) is 77.7 Å². The van der Waals surface area contributed by atoms with Gasteiger partial charge in [-0.05, 0) is 54.4 Å².